The highest BCUT2D eigenvalue weighted by Gasteiger charge is 2.11. The van der Waals surface area contributed by atoms with Gasteiger partial charge in [0.25, 0.3) is 0 Å². The molecule has 0 N–H and O–H groups in total. The van der Waals surface area contributed by atoms with E-state index in [0.29, 0.717) is 25.5 Å². The molecule has 0 aliphatic heterocycles. The SMILES string of the molecule is CCOC(=O)CCCCCCN(c1ccc(OCc2ccccc2)nc1)c1ccccn1. The Morgan fingerprint density at radius 1 is 0.906 bits per heavy atom. The molecule has 3 aromatic rings. The molecule has 168 valence electrons. The third-order valence-electron chi connectivity index (χ3n) is 5.01. The number of hydrogen-bond donors (Lipinski definition) is 0. The summed E-state index contributed by atoms with van der Waals surface area (Å²) in [6.07, 6.45) is 8.01. The second-order valence-electron chi connectivity index (χ2n) is 7.44. The lowest BCUT2D eigenvalue weighted by Gasteiger charge is -2.23. The third-order valence-corrected chi connectivity index (χ3v) is 5.01. The summed E-state index contributed by atoms with van der Waals surface area (Å²) in [5, 5.41) is 0. The van der Waals surface area contributed by atoms with Crippen LogP contribution in [0.15, 0.2) is 73.1 Å². The predicted molar refractivity (Wildman–Crippen MR) is 126 cm³/mol. The highest BCUT2D eigenvalue weighted by atomic mass is 16.5. The number of esters is 1. The molecule has 0 fully saturated rings. The van der Waals surface area contributed by atoms with Gasteiger partial charge in [-0.3, -0.25) is 4.79 Å². The number of nitrogens with zero attached hydrogens (tertiary/aromatic N) is 3. The summed E-state index contributed by atoms with van der Waals surface area (Å²) in [6, 6.07) is 19.9. The molecule has 0 spiro atoms. The molecule has 3 rings (SSSR count). The number of unbranched alkanes of at least 4 members (excludes halogenated alkanes) is 3. The summed E-state index contributed by atoms with van der Waals surface area (Å²) in [4.78, 5) is 22.6. The first-order chi connectivity index (χ1) is 15.8. The lowest BCUT2D eigenvalue weighted by atomic mass is 10.1. The van der Waals surface area contributed by atoms with Crippen LogP contribution in [0.25, 0.3) is 0 Å². The summed E-state index contributed by atoms with van der Waals surface area (Å²) >= 11 is 0. The van der Waals surface area contributed by atoms with E-state index in [0.717, 1.165) is 49.3 Å². The van der Waals surface area contributed by atoms with E-state index >= 15 is 0 Å². The number of carbonyl (C=O) groups is 1. The van der Waals surface area contributed by atoms with Crippen LogP contribution in [0.1, 0.15) is 44.6 Å². The van der Waals surface area contributed by atoms with Gasteiger partial charge in [0.1, 0.15) is 12.4 Å². The van der Waals surface area contributed by atoms with Gasteiger partial charge in [0.05, 0.1) is 18.5 Å². The van der Waals surface area contributed by atoms with Crippen LogP contribution >= 0.6 is 0 Å². The molecule has 0 bridgehead atoms. The van der Waals surface area contributed by atoms with Crippen molar-refractivity contribution in [1.29, 1.82) is 0 Å². The summed E-state index contributed by atoms with van der Waals surface area (Å²) in [5.41, 5.74) is 2.08. The molecule has 0 atom stereocenters. The minimum atomic E-state index is -0.108. The molecule has 0 aliphatic rings. The van der Waals surface area contributed by atoms with Crippen LogP contribution in [0.5, 0.6) is 5.88 Å². The van der Waals surface area contributed by atoms with Crippen molar-refractivity contribution in [2.45, 2.75) is 45.6 Å². The zero-order valence-corrected chi connectivity index (χ0v) is 18.7. The van der Waals surface area contributed by atoms with Crippen molar-refractivity contribution in [2.75, 3.05) is 18.1 Å². The van der Waals surface area contributed by atoms with Crippen LogP contribution in [0.3, 0.4) is 0 Å². The maximum atomic E-state index is 11.5. The second kappa shape index (κ2) is 13.1. The summed E-state index contributed by atoms with van der Waals surface area (Å²) in [5.74, 6) is 1.37. The number of ether oxygens (including phenoxy) is 2. The average molecular weight is 434 g/mol. The molecule has 0 radical (unpaired) electrons. The third kappa shape index (κ3) is 7.69. The first kappa shape index (κ1) is 23.3. The van der Waals surface area contributed by atoms with Gasteiger partial charge in [0.2, 0.25) is 5.88 Å². The van der Waals surface area contributed by atoms with Crippen molar-refractivity contribution in [3.63, 3.8) is 0 Å². The van der Waals surface area contributed by atoms with E-state index in [2.05, 4.69) is 14.9 Å². The number of anilines is 2. The number of aromatic nitrogens is 2. The van der Waals surface area contributed by atoms with Crippen LogP contribution < -0.4 is 9.64 Å². The normalized spacial score (nSPS) is 10.5. The van der Waals surface area contributed by atoms with Crippen LogP contribution in [-0.4, -0.2) is 29.1 Å². The second-order valence-corrected chi connectivity index (χ2v) is 7.44. The Morgan fingerprint density at radius 2 is 1.72 bits per heavy atom. The monoisotopic (exact) mass is 433 g/mol. The first-order valence-corrected chi connectivity index (χ1v) is 11.2. The van der Waals surface area contributed by atoms with E-state index in [-0.39, 0.29) is 5.97 Å². The Labute approximate surface area is 190 Å². The van der Waals surface area contributed by atoms with Gasteiger partial charge in [-0.05, 0) is 43.5 Å². The fourth-order valence-corrected chi connectivity index (χ4v) is 3.36. The van der Waals surface area contributed by atoms with Gasteiger partial charge in [-0.1, -0.05) is 49.2 Å². The van der Waals surface area contributed by atoms with Crippen LogP contribution in [-0.2, 0) is 16.1 Å². The fourth-order valence-electron chi connectivity index (χ4n) is 3.36. The van der Waals surface area contributed by atoms with Gasteiger partial charge in [-0.25, -0.2) is 9.97 Å². The summed E-state index contributed by atoms with van der Waals surface area (Å²) in [6.45, 7) is 3.59. The van der Waals surface area contributed by atoms with Gasteiger partial charge >= 0.3 is 5.97 Å². The van der Waals surface area contributed by atoms with Crippen molar-refractivity contribution in [1.82, 2.24) is 9.97 Å². The lowest BCUT2D eigenvalue weighted by molar-refractivity contribution is -0.143. The molecule has 0 saturated heterocycles. The topological polar surface area (TPSA) is 64.5 Å². The zero-order valence-electron chi connectivity index (χ0n) is 18.7. The summed E-state index contributed by atoms with van der Waals surface area (Å²) in [7, 11) is 0. The van der Waals surface area contributed by atoms with Crippen molar-refractivity contribution < 1.29 is 14.3 Å². The minimum absolute atomic E-state index is 0.108. The quantitative estimate of drug-likeness (QED) is 0.254. The number of benzene rings is 1. The van der Waals surface area contributed by atoms with Crippen molar-refractivity contribution in [3.8, 4) is 5.88 Å². The molecule has 0 amide bonds. The number of hydrogen-bond acceptors (Lipinski definition) is 6. The van der Waals surface area contributed by atoms with E-state index in [1.54, 1.807) is 6.20 Å². The maximum Gasteiger partial charge on any atom is 0.305 e. The first-order valence-electron chi connectivity index (χ1n) is 11.2. The lowest BCUT2D eigenvalue weighted by Crippen LogP contribution is -2.19. The van der Waals surface area contributed by atoms with Crippen LogP contribution in [0.2, 0.25) is 0 Å². The predicted octanol–water partition coefficient (Wildman–Crippen LogP) is 5.71. The molecule has 0 unspecified atom stereocenters. The average Bonchev–Trinajstić information content (AvgIpc) is 2.84. The highest BCUT2D eigenvalue weighted by Crippen LogP contribution is 2.25. The number of rotatable bonds is 13. The molecule has 2 aromatic heterocycles. The van der Waals surface area contributed by atoms with Gasteiger partial charge in [-0.2, -0.15) is 0 Å². The number of carbonyl (C=O) groups excluding carboxylic acids is 1. The van der Waals surface area contributed by atoms with Gasteiger partial charge in [-0.15, -0.1) is 0 Å². The van der Waals surface area contributed by atoms with Crippen LogP contribution in [0.4, 0.5) is 11.5 Å². The van der Waals surface area contributed by atoms with E-state index < -0.39 is 0 Å². The van der Waals surface area contributed by atoms with E-state index in [4.69, 9.17) is 9.47 Å². The van der Waals surface area contributed by atoms with Crippen molar-refractivity contribution >= 4 is 17.5 Å². The molecule has 2 heterocycles. The van der Waals surface area contributed by atoms with Crippen LogP contribution in [0, 0.1) is 0 Å². The van der Waals surface area contributed by atoms with Gasteiger partial charge in [0.15, 0.2) is 0 Å². The Bertz CT molecular complexity index is 918. The zero-order chi connectivity index (χ0) is 22.4. The molecule has 0 saturated carbocycles. The van der Waals surface area contributed by atoms with E-state index in [9.17, 15) is 4.79 Å². The van der Waals surface area contributed by atoms with Gasteiger partial charge < -0.3 is 14.4 Å². The molecular weight excluding hydrogens is 402 g/mol. The number of pyridine rings is 2. The molecule has 32 heavy (non-hydrogen) atoms. The Hall–Kier alpha value is -3.41. The molecule has 1 aromatic carbocycles. The van der Waals surface area contributed by atoms with Crippen molar-refractivity contribution in [2.24, 2.45) is 0 Å². The molecule has 6 nitrogen and oxygen atoms in total. The smallest absolute Gasteiger partial charge is 0.305 e. The van der Waals surface area contributed by atoms with Gasteiger partial charge in [0, 0.05) is 25.2 Å². The Balaban J connectivity index is 1.54. The largest absolute Gasteiger partial charge is 0.473 e. The minimum Gasteiger partial charge on any atom is -0.473 e. The molecular formula is C26H31N3O3. The maximum absolute atomic E-state index is 11.5. The standard InChI is InChI=1S/C26H31N3O3/c1-2-31-26(30)15-8-3-4-11-19-29(24-14-9-10-18-27-24)23-16-17-25(28-20-23)32-21-22-12-6-5-7-13-22/h5-7,9-10,12-14,16-18,20H,2-4,8,11,15,19,21H2,1H3. The van der Waals surface area contributed by atoms with Crippen molar-refractivity contribution in [3.05, 3.63) is 78.6 Å². The fraction of sp³-hybridized carbons (Fsp3) is 0.346. The summed E-state index contributed by atoms with van der Waals surface area (Å²) < 4.78 is 10.8. The Morgan fingerprint density at radius 3 is 2.44 bits per heavy atom. The molecule has 6 heteroatoms. The Kier molecular flexibility index (Phi) is 9.52. The van der Waals surface area contributed by atoms with E-state index in [1.807, 2.05) is 73.8 Å². The molecule has 0 aliphatic carbocycles. The van der Waals surface area contributed by atoms with E-state index in [1.165, 1.54) is 0 Å². The highest BCUT2D eigenvalue weighted by molar-refractivity contribution is 5.69.